The molecule has 6 aromatic carbocycles. The summed E-state index contributed by atoms with van der Waals surface area (Å²) in [7, 11) is 0. The van der Waals surface area contributed by atoms with Crippen molar-refractivity contribution in [2.45, 2.75) is 39.0 Å². The number of allylic oxidation sites excluding steroid dienone is 4. The van der Waals surface area contributed by atoms with Crippen LogP contribution in [-0.4, -0.2) is 0 Å². The van der Waals surface area contributed by atoms with Gasteiger partial charge in [0.2, 0.25) is 0 Å². The van der Waals surface area contributed by atoms with Crippen molar-refractivity contribution >= 4 is 28.4 Å². The number of anilines is 5. The van der Waals surface area contributed by atoms with Crippen molar-refractivity contribution in [3.05, 3.63) is 187 Å². The first-order valence-electron chi connectivity index (χ1n) is 17.3. The highest BCUT2D eigenvalue weighted by Crippen LogP contribution is 2.39. The van der Waals surface area contributed by atoms with Gasteiger partial charge in [0.15, 0.2) is 0 Å². The molecule has 0 fully saturated rings. The molecule has 0 aromatic heterocycles. The monoisotopic (exact) mass is 636 g/mol. The van der Waals surface area contributed by atoms with Crippen molar-refractivity contribution in [3.63, 3.8) is 0 Å². The van der Waals surface area contributed by atoms with Gasteiger partial charge in [-0.25, -0.2) is 0 Å². The molecule has 1 aliphatic carbocycles. The lowest BCUT2D eigenvalue weighted by atomic mass is 9.83. The largest absolute Gasteiger partial charge is 0.355 e. The second-order valence-corrected chi connectivity index (χ2v) is 14.0. The van der Waals surface area contributed by atoms with Crippen molar-refractivity contribution in [2.75, 3.05) is 10.2 Å². The molecule has 1 aliphatic rings. The average molecular weight is 637 g/mol. The van der Waals surface area contributed by atoms with Crippen LogP contribution in [0.4, 0.5) is 28.4 Å². The Morgan fingerprint density at radius 3 is 1.51 bits per heavy atom. The van der Waals surface area contributed by atoms with E-state index in [1.165, 1.54) is 33.4 Å². The fourth-order valence-electron chi connectivity index (χ4n) is 6.70. The molecule has 1 N–H and O–H groups in total. The van der Waals surface area contributed by atoms with Crippen LogP contribution in [0.3, 0.4) is 0 Å². The van der Waals surface area contributed by atoms with Gasteiger partial charge in [-0.15, -0.1) is 0 Å². The summed E-state index contributed by atoms with van der Waals surface area (Å²) in [6, 6.07) is 54.8. The third-order valence-electron chi connectivity index (χ3n) is 9.58. The van der Waals surface area contributed by atoms with Gasteiger partial charge < -0.3 is 10.2 Å². The zero-order chi connectivity index (χ0) is 33.8. The van der Waals surface area contributed by atoms with Gasteiger partial charge in [0.05, 0.1) is 0 Å². The predicted molar refractivity (Wildman–Crippen MR) is 211 cm³/mol. The molecule has 0 amide bonds. The van der Waals surface area contributed by atoms with Gasteiger partial charge in [-0.05, 0) is 99.3 Å². The lowest BCUT2D eigenvalue weighted by molar-refractivity contribution is 0.590. The summed E-state index contributed by atoms with van der Waals surface area (Å²) in [5.41, 5.74) is 13.2. The number of para-hydroxylation sites is 1. The number of rotatable bonds is 8. The Labute approximate surface area is 292 Å². The summed E-state index contributed by atoms with van der Waals surface area (Å²) in [5.74, 6) is 0.829. The first-order chi connectivity index (χ1) is 23.8. The molecule has 6 aromatic rings. The third kappa shape index (κ3) is 7.15. The van der Waals surface area contributed by atoms with E-state index in [0.29, 0.717) is 11.8 Å². The number of nitrogens with zero attached hydrogens (tertiary/aromatic N) is 1. The van der Waals surface area contributed by atoms with Crippen molar-refractivity contribution < 1.29 is 0 Å². The molecule has 0 saturated carbocycles. The van der Waals surface area contributed by atoms with E-state index in [1.54, 1.807) is 0 Å². The van der Waals surface area contributed by atoms with Gasteiger partial charge in [-0.2, -0.15) is 0 Å². The van der Waals surface area contributed by atoms with E-state index in [2.05, 4.69) is 214 Å². The van der Waals surface area contributed by atoms with Crippen LogP contribution in [0.1, 0.15) is 44.7 Å². The molecule has 0 heterocycles. The summed E-state index contributed by atoms with van der Waals surface area (Å²) in [6.45, 7) is 9.06. The summed E-state index contributed by atoms with van der Waals surface area (Å²) in [4.78, 5) is 2.34. The van der Waals surface area contributed by atoms with Crippen LogP contribution >= 0.6 is 0 Å². The highest BCUT2D eigenvalue weighted by atomic mass is 15.1. The normalized spacial score (nSPS) is 15.6. The molecular formula is C47H44N2. The maximum Gasteiger partial charge on any atom is 0.0462 e. The zero-order valence-corrected chi connectivity index (χ0v) is 28.8. The second-order valence-electron chi connectivity index (χ2n) is 14.0. The van der Waals surface area contributed by atoms with Crippen molar-refractivity contribution in [1.82, 2.24) is 0 Å². The van der Waals surface area contributed by atoms with Crippen molar-refractivity contribution in [2.24, 2.45) is 5.92 Å². The lowest BCUT2D eigenvalue weighted by Gasteiger charge is -2.27. The highest BCUT2D eigenvalue weighted by molar-refractivity contribution is 5.80. The minimum absolute atomic E-state index is 0.0969. The topological polar surface area (TPSA) is 15.3 Å². The van der Waals surface area contributed by atoms with Crippen LogP contribution in [0.5, 0.6) is 0 Å². The van der Waals surface area contributed by atoms with Gasteiger partial charge in [-0.1, -0.05) is 149 Å². The minimum atomic E-state index is 0.0969. The molecule has 0 bridgehead atoms. The Morgan fingerprint density at radius 2 is 0.959 bits per heavy atom. The number of benzene rings is 6. The van der Waals surface area contributed by atoms with Gasteiger partial charge >= 0.3 is 0 Å². The van der Waals surface area contributed by atoms with E-state index in [4.69, 9.17) is 0 Å². The molecule has 242 valence electrons. The van der Waals surface area contributed by atoms with Crippen LogP contribution in [0.15, 0.2) is 176 Å². The highest BCUT2D eigenvalue weighted by Gasteiger charge is 2.20. The van der Waals surface area contributed by atoms with E-state index in [0.717, 1.165) is 28.4 Å². The molecule has 7 rings (SSSR count). The lowest BCUT2D eigenvalue weighted by Crippen LogP contribution is -2.13. The SMILES string of the molecule is CC1C=CC=CC1c1ccccc1Nc1ccc(-c2ccc(N(c3ccc(-c4ccccc4)cc3)c3ccc(C(C)(C)C)cc3)cc2)cc1. The molecule has 2 unspecified atom stereocenters. The first kappa shape index (κ1) is 32.0. The number of hydrogen-bond donors (Lipinski definition) is 1. The molecule has 0 aliphatic heterocycles. The fraction of sp³-hybridized carbons (Fsp3) is 0.149. The number of nitrogens with one attached hydrogen (secondary N) is 1. The molecular weight excluding hydrogens is 593 g/mol. The van der Waals surface area contributed by atoms with E-state index in [9.17, 15) is 0 Å². The summed E-state index contributed by atoms with van der Waals surface area (Å²) in [5, 5.41) is 3.69. The number of hydrogen-bond acceptors (Lipinski definition) is 2. The summed E-state index contributed by atoms with van der Waals surface area (Å²) >= 11 is 0. The van der Waals surface area contributed by atoms with Gasteiger partial charge in [0, 0.05) is 34.4 Å². The summed E-state index contributed by atoms with van der Waals surface area (Å²) in [6.07, 6.45) is 8.89. The third-order valence-corrected chi connectivity index (χ3v) is 9.58. The Hall–Kier alpha value is -5.60. The standard InChI is InChI=1S/C47H44N2/c1-34-12-8-9-15-44(34)45-16-10-11-17-46(45)48-40-26-18-36(19-27-40)38-22-30-42(31-23-38)49(43-32-24-39(25-33-43)47(2,3)4)41-28-20-37(21-29-41)35-13-6-5-7-14-35/h5-34,44,48H,1-4H3. The average Bonchev–Trinajstić information content (AvgIpc) is 3.13. The molecule has 0 spiro atoms. The van der Waals surface area contributed by atoms with Crippen LogP contribution < -0.4 is 10.2 Å². The second kappa shape index (κ2) is 13.9. The Kier molecular flexibility index (Phi) is 9.05. The molecule has 2 atom stereocenters. The Balaban J connectivity index is 1.14. The molecule has 0 radical (unpaired) electrons. The van der Waals surface area contributed by atoms with E-state index < -0.39 is 0 Å². The van der Waals surface area contributed by atoms with Gasteiger partial charge in [0.25, 0.3) is 0 Å². The van der Waals surface area contributed by atoms with Crippen LogP contribution in [0, 0.1) is 5.92 Å². The smallest absolute Gasteiger partial charge is 0.0462 e. The van der Waals surface area contributed by atoms with Crippen LogP contribution in [-0.2, 0) is 5.41 Å². The molecule has 2 heteroatoms. The zero-order valence-electron chi connectivity index (χ0n) is 28.8. The van der Waals surface area contributed by atoms with Crippen molar-refractivity contribution in [3.8, 4) is 22.3 Å². The predicted octanol–water partition coefficient (Wildman–Crippen LogP) is 13.4. The van der Waals surface area contributed by atoms with Gasteiger partial charge in [-0.3, -0.25) is 0 Å². The van der Waals surface area contributed by atoms with E-state index in [1.807, 2.05) is 0 Å². The Bertz CT molecular complexity index is 2050. The van der Waals surface area contributed by atoms with Crippen LogP contribution in [0.2, 0.25) is 0 Å². The fourth-order valence-corrected chi connectivity index (χ4v) is 6.70. The van der Waals surface area contributed by atoms with E-state index >= 15 is 0 Å². The maximum atomic E-state index is 3.69. The quantitative estimate of drug-likeness (QED) is 0.179. The first-order valence-corrected chi connectivity index (χ1v) is 17.3. The van der Waals surface area contributed by atoms with Gasteiger partial charge in [0.1, 0.15) is 0 Å². The van der Waals surface area contributed by atoms with Crippen molar-refractivity contribution in [1.29, 1.82) is 0 Å². The van der Waals surface area contributed by atoms with E-state index in [-0.39, 0.29) is 5.41 Å². The maximum absolute atomic E-state index is 3.69. The van der Waals surface area contributed by atoms with Crippen LogP contribution in [0.25, 0.3) is 22.3 Å². The molecule has 2 nitrogen and oxygen atoms in total. The molecule has 49 heavy (non-hydrogen) atoms. The minimum Gasteiger partial charge on any atom is -0.355 e. The molecule has 0 saturated heterocycles. The summed E-state index contributed by atoms with van der Waals surface area (Å²) < 4.78 is 0. The Morgan fingerprint density at radius 1 is 0.490 bits per heavy atom.